The van der Waals surface area contributed by atoms with Crippen molar-refractivity contribution in [2.75, 3.05) is 0 Å². The van der Waals surface area contributed by atoms with Crippen molar-refractivity contribution in [1.82, 2.24) is 0 Å². The zero-order valence-corrected chi connectivity index (χ0v) is 13.5. The summed E-state index contributed by atoms with van der Waals surface area (Å²) in [6, 6.07) is -0.833. The van der Waals surface area contributed by atoms with Crippen LogP contribution in [0.25, 0.3) is 0 Å². The first kappa shape index (κ1) is 29.6. The molecule has 0 rings (SSSR count). The fraction of sp³-hybridized carbons (Fsp3) is 0. The maximum atomic E-state index is 9.00. The summed E-state index contributed by atoms with van der Waals surface area (Å²) < 4.78 is 34.1. The normalized spacial score (nSPS) is 6.80. The molecular formula is C5H10N2Na2O5S. The number of carbonyl (C=O) groups excluding carboxylic acids is 1. The number of rotatable bonds is 1. The molecule has 0 aromatic heterocycles. The second kappa shape index (κ2) is 20.1. The first-order valence-corrected chi connectivity index (χ1v) is 3.93. The standard InChI is InChI=1S/C4H6.CH4N2O.2Na.H2O4S/c1-3-4-2;2-1(3)4;;;1-5(2,3)4/h3-4H,1-2H2;(H4,2,3,4);;;(H2,1,2,3,4)/q;;2*+1;/p-2. The van der Waals surface area contributed by atoms with Gasteiger partial charge >= 0.3 is 65.1 Å². The molecule has 0 atom stereocenters. The van der Waals surface area contributed by atoms with Crippen LogP contribution in [0, 0.1) is 0 Å². The molecule has 0 aromatic rings. The molecule has 0 aliphatic heterocycles. The summed E-state index contributed by atoms with van der Waals surface area (Å²) in [5.41, 5.74) is 8.50. The van der Waals surface area contributed by atoms with Crippen molar-refractivity contribution >= 4 is 16.4 Å². The molecule has 0 saturated heterocycles. The van der Waals surface area contributed by atoms with Crippen LogP contribution in [0.4, 0.5) is 4.79 Å². The Balaban J connectivity index is -0.0000000315. The predicted molar refractivity (Wildman–Crippen MR) is 44.6 cm³/mol. The van der Waals surface area contributed by atoms with E-state index in [1.54, 1.807) is 12.2 Å². The fourth-order valence-corrected chi connectivity index (χ4v) is 0. The van der Waals surface area contributed by atoms with Gasteiger partial charge in [-0.25, -0.2) is 4.79 Å². The molecule has 10 heteroatoms. The average molecular weight is 256 g/mol. The Morgan fingerprint density at radius 2 is 1.13 bits per heavy atom. The van der Waals surface area contributed by atoms with Crippen LogP contribution >= 0.6 is 0 Å². The molecule has 0 fully saturated rings. The second-order valence-corrected chi connectivity index (χ2v) is 2.10. The van der Waals surface area contributed by atoms with E-state index in [2.05, 4.69) is 24.6 Å². The van der Waals surface area contributed by atoms with Crippen LogP contribution in [0.5, 0.6) is 0 Å². The molecule has 7 nitrogen and oxygen atoms in total. The van der Waals surface area contributed by atoms with Crippen LogP contribution in [0.2, 0.25) is 0 Å². The minimum atomic E-state index is -5.17. The van der Waals surface area contributed by atoms with Crippen molar-refractivity contribution in [2.24, 2.45) is 11.5 Å². The van der Waals surface area contributed by atoms with E-state index in [1.165, 1.54) is 0 Å². The summed E-state index contributed by atoms with van der Waals surface area (Å²) >= 11 is 0. The number of amides is 2. The van der Waals surface area contributed by atoms with Gasteiger partial charge in [0.15, 0.2) is 0 Å². The van der Waals surface area contributed by atoms with E-state index in [4.69, 9.17) is 22.3 Å². The maximum absolute atomic E-state index is 9.00. The number of hydrogen-bond acceptors (Lipinski definition) is 5. The summed E-state index contributed by atoms with van der Waals surface area (Å²) in [5.74, 6) is 0. The molecular weight excluding hydrogens is 246 g/mol. The van der Waals surface area contributed by atoms with Crippen LogP contribution < -0.4 is 70.6 Å². The van der Waals surface area contributed by atoms with Crippen LogP contribution in [0.3, 0.4) is 0 Å². The Bertz CT molecular complexity index is 236. The molecule has 0 aromatic carbocycles. The Hall–Kier alpha value is 0.620. The number of carbonyl (C=O) groups is 1. The smallest absolute Gasteiger partial charge is 0.759 e. The number of nitrogens with two attached hydrogens (primary N) is 2. The summed E-state index contributed by atoms with van der Waals surface area (Å²) in [4.78, 5) is 9.00. The van der Waals surface area contributed by atoms with Gasteiger partial charge in [0.2, 0.25) is 0 Å². The Kier molecular flexibility index (Phi) is 39.6. The molecule has 78 valence electrons. The zero-order valence-electron chi connectivity index (χ0n) is 8.67. The van der Waals surface area contributed by atoms with Gasteiger partial charge in [-0.1, -0.05) is 25.3 Å². The van der Waals surface area contributed by atoms with E-state index < -0.39 is 16.4 Å². The summed E-state index contributed by atoms with van der Waals surface area (Å²) in [5, 5.41) is 0. The van der Waals surface area contributed by atoms with Gasteiger partial charge in [-0.2, -0.15) is 0 Å². The van der Waals surface area contributed by atoms with Crippen LogP contribution in [0.1, 0.15) is 0 Å². The maximum Gasteiger partial charge on any atom is 1.00 e. The van der Waals surface area contributed by atoms with Crippen LogP contribution in [-0.4, -0.2) is 23.6 Å². The van der Waals surface area contributed by atoms with E-state index in [9.17, 15) is 0 Å². The van der Waals surface area contributed by atoms with Gasteiger partial charge in [0.25, 0.3) is 0 Å². The minimum Gasteiger partial charge on any atom is -0.759 e. The van der Waals surface area contributed by atoms with Crippen molar-refractivity contribution in [2.45, 2.75) is 0 Å². The van der Waals surface area contributed by atoms with Crippen molar-refractivity contribution in [3.8, 4) is 0 Å². The quantitative estimate of drug-likeness (QED) is 0.207. The minimum absolute atomic E-state index is 0. The fourth-order valence-electron chi connectivity index (χ4n) is 0. The van der Waals surface area contributed by atoms with Crippen molar-refractivity contribution in [3.05, 3.63) is 25.3 Å². The van der Waals surface area contributed by atoms with Crippen LogP contribution in [0.15, 0.2) is 25.3 Å². The molecule has 0 unspecified atom stereocenters. The van der Waals surface area contributed by atoms with Gasteiger partial charge in [0.05, 0.1) is 0 Å². The third-order valence-electron chi connectivity index (χ3n) is 0.167. The van der Waals surface area contributed by atoms with Gasteiger partial charge in [0, 0.05) is 10.4 Å². The van der Waals surface area contributed by atoms with Crippen molar-refractivity contribution < 1.29 is 81.4 Å². The number of hydrogen-bond donors (Lipinski definition) is 2. The largest absolute Gasteiger partial charge is 1.00 e. The monoisotopic (exact) mass is 256 g/mol. The second-order valence-electron chi connectivity index (χ2n) is 1.28. The molecule has 0 saturated carbocycles. The predicted octanol–water partition coefficient (Wildman–Crippen LogP) is -6.95. The van der Waals surface area contributed by atoms with Crippen molar-refractivity contribution in [1.29, 1.82) is 0 Å². The van der Waals surface area contributed by atoms with E-state index in [-0.39, 0.29) is 59.1 Å². The first-order chi connectivity index (χ1) is 5.65. The van der Waals surface area contributed by atoms with E-state index >= 15 is 0 Å². The topological polar surface area (TPSA) is 149 Å². The molecule has 2 amide bonds. The zero-order chi connectivity index (χ0) is 11.5. The molecule has 4 N–H and O–H groups in total. The molecule has 0 bridgehead atoms. The molecule has 0 spiro atoms. The Morgan fingerprint density at radius 3 is 1.13 bits per heavy atom. The van der Waals surface area contributed by atoms with E-state index in [0.29, 0.717) is 0 Å². The first-order valence-electron chi connectivity index (χ1n) is 2.60. The van der Waals surface area contributed by atoms with E-state index in [1.807, 2.05) is 0 Å². The average Bonchev–Trinajstić information content (AvgIpc) is 1.82. The summed E-state index contributed by atoms with van der Waals surface area (Å²) in [7, 11) is -5.17. The van der Waals surface area contributed by atoms with Crippen molar-refractivity contribution in [3.63, 3.8) is 0 Å². The van der Waals surface area contributed by atoms with Gasteiger partial charge in [-0.15, -0.1) is 0 Å². The van der Waals surface area contributed by atoms with E-state index in [0.717, 1.165) is 0 Å². The summed E-state index contributed by atoms with van der Waals surface area (Å²) in [6.45, 7) is 6.72. The number of primary amides is 2. The van der Waals surface area contributed by atoms with Gasteiger partial charge in [-0.05, 0) is 0 Å². The third kappa shape index (κ3) is 887. The van der Waals surface area contributed by atoms with Gasteiger partial charge in [0.1, 0.15) is 0 Å². The number of urea groups is 1. The van der Waals surface area contributed by atoms with Gasteiger partial charge < -0.3 is 20.6 Å². The molecule has 0 radical (unpaired) electrons. The van der Waals surface area contributed by atoms with Gasteiger partial charge in [-0.3, -0.25) is 8.42 Å². The number of allylic oxidation sites excluding steroid dienone is 2. The molecule has 0 aliphatic carbocycles. The Labute approximate surface area is 133 Å². The van der Waals surface area contributed by atoms with Crippen LogP contribution in [-0.2, 0) is 10.4 Å². The SMILES string of the molecule is C=CC=C.NC(N)=O.O=S(=O)([O-])[O-].[Na+].[Na+]. The third-order valence-corrected chi connectivity index (χ3v) is 0.167. The Morgan fingerprint density at radius 1 is 1.07 bits per heavy atom. The molecule has 0 aliphatic rings. The molecule has 0 heterocycles. The summed E-state index contributed by atoms with van der Waals surface area (Å²) in [6.07, 6.45) is 3.28. The molecule has 15 heavy (non-hydrogen) atoms.